The van der Waals surface area contributed by atoms with Crippen molar-refractivity contribution in [2.24, 2.45) is 5.73 Å². The van der Waals surface area contributed by atoms with Crippen LogP contribution in [0, 0.1) is 0 Å². The van der Waals surface area contributed by atoms with E-state index in [0.717, 1.165) is 50.5 Å². The molecule has 2 heterocycles. The summed E-state index contributed by atoms with van der Waals surface area (Å²) in [5, 5.41) is 2.87. The van der Waals surface area contributed by atoms with E-state index in [0.29, 0.717) is 6.42 Å². The summed E-state index contributed by atoms with van der Waals surface area (Å²) >= 11 is 0. The molecule has 0 saturated carbocycles. The van der Waals surface area contributed by atoms with Gasteiger partial charge in [-0.05, 0) is 23.8 Å². The maximum atomic E-state index is 11.4. The normalized spacial score (nSPS) is 19.4. The van der Waals surface area contributed by atoms with Gasteiger partial charge in [-0.3, -0.25) is 9.69 Å². The predicted octanol–water partition coefficient (Wildman–Crippen LogP) is 0.262. The molecule has 2 aliphatic heterocycles. The minimum absolute atomic E-state index is 0.0971. The lowest BCUT2D eigenvalue weighted by atomic mass is 10.1. The second kappa shape index (κ2) is 5.19. The Bertz CT molecular complexity index is 480. The zero-order valence-corrected chi connectivity index (χ0v) is 11.1. The van der Waals surface area contributed by atoms with Gasteiger partial charge in [0.25, 0.3) is 0 Å². The Balaban J connectivity index is 1.68. The maximum Gasteiger partial charge on any atom is 0.228 e. The Labute approximate surface area is 113 Å². The molecule has 3 rings (SSSR count). The molecule has 5 heteroatoms. The molecule has 0 aromatic heterocycles. The molecule has 1 aromatic rings. The Morgan fingerprint density at radius 1 is 1.21 bits per heavy atom. The fourth-order valence-electron chi connectivity index (χ4n) is 2.82. The highest BCUT2D eigenvalue weighted by molar-refractivity contribution is 5.99. The monoisotopic (exact) mass is 260 g/mol. The summed E-state index contributed by atoms with van der Waals surface area (Å²) in [6.07, 6.45) is 0.510. The van der Waals surface area contributed by atoms with Crippen molar-refractivity contribution < 1.29 is 4.79 Å². The first-order valence-electron chi connectivity index (χ1n) is 6.86. The number of carbonyl (C=O) groups is 1. The average molecular weight is 260 g/mol. The smallest absolute Gasteiger partial charge is 0.228 e. The van der Waals surface area contributed by atoms with Crippen LogP contribution in [-0.4, -0.2) is 50.1 Å². The molecule has 5 nitrogen and oxygen atoms in total. The first kappa shape index (κ1) is 12.4. The predicted molar refractivity (Wildman–Crippen MR) is 76.5 cm³/mol. The van der Waals surface area contributed by atoms with Gasteiger partial charge in [-0.25, -0.2) is 0 Å². The van der Waals surface area contributed by atoms with Crippen molar-refractivity contribution in [3.05, 3.63) is 23.8 Å². The van der Waals surface area contributed by atoms with E-state index < -0.39 is 0 Å². The van der Waals surface area contributed by atoms with Crippen LogP contribution >= 0.6 is 0 Å². The zero-order valence-electron chi connectivity index (χ0n) is 11.1. The lowest BCUT2D eigenvalue weighted by Crippen LogP contribution is -2.47. The van der Waals surface area contributed by atoms with Crippen LogP contribution in [0.2, 0.25) is 0 Å². The van der Waals surface area contributed by atoms with E-state index in [1.54, 1.807) is 0 Å². The molecule has 0 spiro atoms. The number of fused-ring (bicyclic) bond motifs is 1. The van der Waals surface area contributed by atoms with Gasteiger partial charge in [-0.15, -0.1) is 0 Å². The fourth-order valence-corrected chi connectivity index (χ4v) is 2.82. The molecule has 3 N–H and O–H groups in total. The molecule has 0 aliphatic carbocycles. The molecule has 1 saturated heterocycles. The number of nitrogens with two attached hydrogens (primary N) is 1. The molecule has 102 valence electrons. The van der Waals surface area contributed by atoms with Crippen molar-refractivity contribution in [1.29, 1.82) is 0 Å². The first-order chi connectivity index (χ1) is 9.26. The third kappa shape index (κ3) is 2.57. The first-order valence-corrected chi connectivity index (χ1v) is 6.86. The molecule has 1 amide bonds. The van der Waals surface area contributed by atoms with Crippen LogP contribution in [0.5, 0.6) is 0 Å². The van der Waals surface area contributed by atoms with Gasteiger partial charge in [0, 0.05) is 50.6 Å². The maximum absolute atomic E-state index is 11.4. The number of piperazine rings is 1. The van der Waals surface area contributed by atoms with E-state index in [1.807, 2.05) is 6.07 Å². The molecule has 0 atom stereocenters. The van der Waals surface area contributed by atoms with Gasteiger partial charge in [-0.2, -0.15) is 0 Å². The number of rotatable bonds is 3. The summed E-state index contributed by atoms with van der Waals surface area (Å²) < 4.78 is 0. The highest BCUT2D eigenvalue weighted by Gasteiger charge is 2.21. The van der Waals surface area contributed by atoms with Crippen LogP contribution in [0.15, 0.2) is 18.2 Å². The lowest BCUT2D eigenvalue weighted by Gasteiger charge is -2.36. The standard InChI is InChI=1S/C14H20N4O/c15-3-4-17-5-7-18(8-6-17)12-1-2-13-11(9-12)10-14(19)16-13/h1-2,9H,3-8,10,15H2,(H,16,19). The molecular weight excluding hydrogens is 240 g/mol. The number of benzene rings is 1. The highest BCUT2D eigenvalue weighted by atomic mass is 16.1. The third-order valence-corrected chi connectivity index (χ3v) is 3.90. The number of nitrogens with zero attached hydrogens (tertiary/aromatic N) is 2. The van der Waals surface area contributed by atoms with E-state index in [-0.39, 0.29) is 5.91 Å². The summed E-state index contributed by atoms with van der Waals surface area (Å²) in [6.45, 7) is 5.89. The van der Waals surface area contributed by atoms with Crippen molar-refractivity contribution >= 4 is 17.3 Å². The van der Waals surface area contributed by atoms with E-state index in [4.69, 9.17) is 5.73 Å². The molecule has 0 radical (unpaired) electrons. The Hall–Kier alpha value is -1.59. The van der Waals surface area contributed by atoms with Crippen LogP contribution in [0.3, 0.4) is 0 Å². The van der Waals surface area contributed by atoms with Crippen LogP contribution in [0.25, 0.3) is 0 Å². The van der Waals surface area contributed by atoms with Crippen molar-refractivity contribution in [1.82, 2.24) is 4.90 Å². The van der Waals surface area contributed by atoms with Crippen molar-refractivity contribution in [3.63, 3.8) is 0 Å². The molecular formula is C14H20N4O. The molecule has 0 unspecified atom stereocenters. The average Bonchev–Trinajstić information content (AvgIpc) is 2.79. The van der Waals surface area contributed by atoms with E-state index in [2.05, 4.69) is 27.2 Å². The van der Waals surface area contributed by atoms with E-state index in [1.165, 1.54) is 5.69 Å². The second-order valence-electron chi connectivity index (χ2n) is 5.18. The van der Waals surface area contributed by atoms with Gasteiger partial charge in [0.05, 0.1) is 6.42 Å². The minimum Gasteiger partial charge on any atom is -0.369 e. The summed E-state index contributed by atoms with van der Waals surface area (Å²) in [5.41, 5.74) is 8.90. The molecule has 1 aromatic carbocycles. The number of anilines is 2. The summed E-state index contributed by atoms with van der Waals surface area (Å²) in [7, 11) is 0. The topological polar surface area (TPSA) is 61.6 Å². The van der Waals surface area contributed by atoms with Crippen LogP contribution in [0.1, 0.15) is 5.56 Å². The van der Waals surface area contributed by atoms with Crippen LogP contribution in [-0.2, 0) is 11.2 Å². The SMILES string of the molecule is NCCN1CCN(c2ccc3c(c2)CC(=O)N3)CC1. The van der Waals surface area contributed by atoms with Gasteiger partial charge in [0.15, 0.2) is 0 Å². The van der Waals surface area contributed by atoms with E-state index >= 15 is 0 Å². The van der Waals surface area contributed by atoms with Gasteiger partial charge in [-0.1, -0.05) is 0 Å². The van der Waals surface area contributed by atoms with Gasteiger partial charge in [0.2, 0.25) is 5.91 Å². The quantitative estimate of drug-likeness (QED) is 0.818. The number of amides is 1. The Morgan fingerprint density at radius 2 is 2.00 bits per heavy atom. The third-order valence-electron chi connectivity index (χ3n) is 3.90. The Morgan fingerprint density at radius 3 is 2.74 bits per heavy atom. The molecule has 2 aliphatic rings. The minimum atomic E-state index is 0.0971. The van der Waals surface area contributed by atoms with Crippen LogP contribution < -0.4 is 16.0 Å². The Kier molecular flexibility index (Phi) is 3.40. The number of carbonyl (C=O) groups excluding carboxylic acids is 1. The fraction of sp³-hybridized carbons (Fsp3) is 0.500. The van der Waals surface area contributed by atoms with Gasteiger partial charge >= 0.3 is 0 Å². The summed E-state index contributed by atoms with van der Waals surface area (Å²) in [5.74, 6) is 0.0971. The summed E-state index contributed by atoms with van der Waals surface area (Å²) in [4.78, 5) is 16.1. The lowest BCUT2D eigenvalue weighted by molar-refractivity contribution is -0.115. The largest absolute Gasteiger partial charge is 0.369 e. The molecule has 0 bridgehead atoms. The number of hydrogen-bond donors (Lipinski definition) is 2. The number of nitrogens with one attached hydrogen (secondary N) is 1. The highest BCUT2D eigenvalue weighted by Crippen LogP contribution is 2.28. The van der Waals surface area contributed by atoms with E-state index in [9.17, 15) is 4.79 Å². The van der Waals surface area contributed by atoms with Crippen molar-refractivity contribution in [3.8, 4) is 0 Å². The van der Waals surface area contributed by atoms with Gasteiger partial charge in [0.1, 0.15) is 0 Å². The van der Waals surface area contributed by atoms with Crippen LogP contribution in [0.4, 0.5) is 11.4 Å². The van der Waals surface area contributed by atoms with Gasteiger partial charge < -0.3 is 16.0 Å². The molecule has 1 fully saturated rings. The van der Waals surface area contributed by atoms with Crippen molar-refractivity contribution in [2.45, 2.75) is 6.42 Å². The van der Waals surface area contributed by atoms with Crippen molar-refractivity contribution in [2.75, 3.05) is 49.5 Å². The second-order valence-corrected chi connectivity index (χ2v) is 5.18. The zero-order chi connectivity index (χ0) is 13.2. The summed E-state index contributed by atoms with van der Waals surface area (Å²) in [6, 6.07) is 6.26. The number of hydrogen-bond acceptors (Lipinski definition) is 4. The molecule has 19 heavy (non-hydrogen) atoms.